The van der Waals surface area contributed by atoms with Crippen LogP contribution in [0.15, 0.2) is 41.3 Å². The number of hydrogen-bond acceptors (Lipinski definition) is 3. The van der Waals surface area contributed by atoms with Gasteiger partial charge in [0.15, 0.2) is 21.5 Å². The van der Waals surface area contributed by atoms with Crippen LogP contribution >= 0.6 is 0 Å². The molecule has 0 amide bonds. The summed E-state index contributed by atoms with van der Waals surface area (Å²) in [5.74, 6) is -2.80. The molecule has 0 aromatic heterocycles. The molecular weight excluding hydrogens is 284 g/mol. The fourth-order valence-electron chi connectivity index (χ4n) is 1.79. The molecule has 3 nitrogen and oxygen atoms in total. The zero-order chi connectivity index (χ0) is 14.9. The van der Waals surface area contributed by atoms with Crippen LogP contribution in [-0.4, -0.2) is 8.42 Å². The van der Waals surface area contributed by atoms with Crippen molar-refractivity contribution in [2.45, 2.75) is 17.6 Å². The van der Waals surface area contributed by atoms with E-state index in [2.05, 4.69) is 0 Å². The third-order valence-corrected chi connectivity index (χ3v) is 4.64. The predicted octanol–water partition coefficient (Wildman–Crippen LogP) is 2.83. The summed E-state index contributed by atoms with van der Waals surface area (Å²) in [5.41, 5.74) is 6.52. The molecule has 0 radical (unpaired) electrons. The van der Waals surface area contributed by atoms with Crippen molar-refractivity contribution in [3.8, 4) is 0 Å². The van der Waals surface area contributed by atoms with Gasteiger partial charge in [-0.2, -0.15) is 0 Å². The van der Waals surface area contributed by atoms with Gasteiger partial charge in [0, 0.05) is 11.3 Å². The van der Waals surface area contributed by atoms with Gasteiger partial charge in [0.05, 0.1) is 10.6 Å². The number of anilines is 1. The Morgan fingerprint density at radius 1 is 1.15 bits per heavy atom. The van der Waals surface area contributed by atoms with Crippen molar-refractivity contribution in [2.24, 2.45) is 0 Å². The molecule has 2 aromatic rings. The maximum absolute atomic E-state index is 13.5. The van der Waals surface area contributed by atoms with E-state index in [0.29, 0.717) is 11.3 Å². The standard InChI is InChI=1S/C14H13F2NO2S/c1-9-7-11(5-6-13(9)17)20(18,19)8-10-3-2-4-12(15)14(10)16/h2-7H,8,17H2,1H3. The number of hydrogen-bond donors (Lipinski definition) is 1. The highest BCUT2D eigenvalue weighted by molar-refractivity contribution is 7.90. The van der Waals surface area contributed by atoms with E-state index in [4.69, 9.17) is 5.73 Å². The van der Waals surface area contributed by atoms with Crippen LogP contribution in [0.1, 0.15) is 11.1 Å². The molecule has 0 aliphatic carbocycles. The van der Waals surface area contributed by atoms with E-state index in [0.717, 1.165) is 6.07 Å². The molecule has 0 fully saturated rings. The second-order valence-electron chi connectivity index (χ2n) is 4.49. The lowest BCUT2D eigenvalue weighted by Crippen LogP contribution is -2.08. The maximum Gasteiger partial charge on any atom is 0.182 e. The number of nitrogens with two attached hydrogens (primary N) is 1. The predicted molar refractivity (Wildman–Crippen MR) is 72.8 cm³/mol. The number of sulfone groups is 1. The van der Waals surface area contributed by atoms with Crippen molar-refractivity contribution >= 4 is 15.5 Å². The Hall–Kier alpha value is -1.95. The van der Waals surface area contributed by atoms with Crippen molar-refractivity contribution in [3.63, 3.8) is 0 Å². The van der Waals surface area contributed by atoms with Gasteiger partial charge in [-0.05, 0) is 36.8 Å². The van der Waals surface area contributed by atoms with E-state index in [1.807, 2.05) is 0 Å². The smallest absolute Gasteiger partial charge is 0.182 e. The van der Waals surface area contributed by atoms with E-state index >= 15 is 0 Å². The van der Waals surface area contributed by atoms with E-state index in [9.17, 15) is 17.2 Å². The Morgan fingerprint density at radius 2 is 1.85 bits per heavy atom. The molecule has 0 saturated heterocycles. The van der Waals surface area contributed by atoms with Crippen LogP contribution in [0.5, 0.6) is 0 Å². The van der Waals surface area contributed by atoms with Crippen molar-refractivity contribution in [3.05, 3.63) is 59.2 Å². The fraction of sp³-hybridized carbons (Fsp3) is 0.143. The molecule has 0 atom stereocenters. The van der Waals surface area contributed by atoms with Gasteiger partial charge in [0.1, 0.15) is 0 Å². The van der Waals surface area contributed by atoms with Gasteiger partial charge < -0.3 is 5.73 Å². The quantitative estimate of drug-likeness (QED) is 0.886. The number of aryl methyl sites for hydroxylation is 1. The highest BCUT2D eigenvalue weighted by Gasteiger charge is 2.19. The minimum Gasteiger partial charge on any atom is -0.399 e. The molecule has 0 aliphatic heterocycles. The van der Waals surface area contributed by atoms with Crippen LogP contribution in [0.4, 0.5) is 14.5 Å². The number of rotatable bonds is 3. The normalized spacial score (nSPS) is 11.6. The third-order valence-electron chi connectivity index (χ3n) is 2.98. The Kier molecular flexibility index (Phi) is 3.76. The van der Waals surface area contributed by atoms with Crippen molar-refractivity contribution in [2.75, 3.05) is 5.73 Å². The SMILES string of the molecule is Cc1cc(S(=O)(=O)Cc2cccc(F)c2F)ccc1N. The summed E-state index contributed by atoms with van der Waals surface area (Å²) in [6.45, 7) is 1.68. The van der Waals surface area contributed by atoms with Crippen LogP contribution in [-0.2, 0) is 15.6 Å². The molecule has 2 aromatic carbocycles. The van der Waals surface area contributed by atoms with E-state index in [-0.39, 0.29) is 10.5 Å². The molecule has 0 saturated carbocycles. The molecule has 0 spiro atoms. The molecule has 20 heavy (non-hydrogen) atoms. The topological polar surface area (TPSA) is 60.2 Å². The summed E-state index contributed by atoms with van der Waals surface area (Å²) in [4.78, 5) is 0.0351. The Bertz CT molecular complexity index is 758. The molecule has 106 valence electrons. The molecule has 0 unspecified atom stereocenters. The molecular formula is C14H13F2NO2S. The lowest BCUT2D eigenvalue weighted by molar-refractivity contribution is 0.501. The molecule has 0 bridgehead atoms. The van der Waals surface area contributed by atoms with Crippen molar-refractivity contribution < 1.29 is 17.2 Å². The van der Waals surface area contributed by atoms with Crippen LogP contribution in [0.2, 0.25) is 0 Å². The number of halogens is 2. The largest absolute Gasteiger partial charge is 0.399 e. The maximum atomic E-state index is 13.5. The highest BCUT2D eigenvalue weighted by atomic mass is 32.2. The van der Waals surface area contributed by atoms with Crippen LogP contribution in [0.25, 0.3) is 0 Å². The Morgan fingerprint density at radius 3 is 2.50 bits per heavy atom. The fourth-order valence-corrected chi connectivity index (χ4v) is 3.22. The zero-order valence-corrected chi connectivity index (χ0v) is 11.5. The Labute approximate surface area is 116 Å². The lowest BCUT2D eigenvalue weighted by Gasteiger charge is -2.08. The Balaban J connectivity index is 2.41. The first-order valence-corrected chi connectivity index (χ1v) is 7.48. The monoisotopic (exact) mass is 297 g/mol. The average molecular weight is 297 g/mol. The van der Waals surface area contributed by atoms with Gasteiger partial charge in [0.25, 0.3) is 0 Å². The number of benzene rings is 2. The first-order valence-electron chi connectivity index (χ1n) is 5.83. The minimum atomic E-state index is -3.75. The van der Waals surface area contributed by atoms with Gasteiger partial charge in [-0.15, -0.1) is 0 Å². The summed E-state index contributed by atoms with van der Waals surface area (Å²) >= 11 is 0. The van der Waals surface area contributed by atoms with E-state index in [1.165, 1.54) is 30.3 Å². The molecule has 0 aliphatic rings. The number of nitrogen functional groups attached to an aromatic ring is 1. The molecule has 2 rings (SSSR count). The first kappa shape index (κ1) is 14.5. The lowest BCUT2D eigenvalue weighted by atomic mass is 10.2. The van der Waals surface area contributed by atoms with Crippen LogP contribution in [0.3, 0.4) is 0 Å². The zero-order valence-electron chi connectivity index (χ0n) is 10.7. The van der Waals surface area contributed by atoms with Crippen LogP contribution in [0, 0.1) is 18.6 Å². The van der Waals surface area contributed by atoms with Gasteiger partial charge in [-0.25, -0.2) is 17.2 Å². The average Bonchev–Trinajstić information content (AvgIpc) is 2.38. The second kappa shape index (κ2) is 5.20. The summed E-state index contributed by atoms with van der Waals surface area (Å²) in [7, 11) is -3.75. The summed E-state index contributed by atoms with van der Waals surface area (Å²) in [6.07, 6.45) is 0. The summed E-state index contributed by atoms with van der Waals surface area (Å²) in [5, 5.41) is 0. The highest BCUT2D eigenvalue weighted by Crippen LogP contribution is 2.22. The second-order valence-corrected chi connectivity index (χ2v) is 6.48. The minimum absolute atomic E-state index is 0.0351. The van der Waals surface area contributed by atoms with Crippen molar-refractivity contribution in [1.29, 1.82) is 0 Å². The molecule has 6 heteroatoms. The first-order chi connectivity index (χ1) is 9.31. The van der Waals surface area contributed by atoms with Crippen LogP contribution < -0.4 is 5.73 Å². The summed E-state index contributed by atoms with van der Waals surface area (Å²) < 4.78 is 51.0. The molecule has 2 N–H and O–H groups in total. The van der Waals surface area contributed by atoms with E-state index in [1.54, 1.807) is 6.92 Å². The van der Waals surface area contributed by atoms with Gasteiger partial charge >= 0.3 is 0 Å². The van der Waals surface area contributed by atoms with E-state index < -0.39 is 27.2 Å². The van der Waals surface area contributed by atoms with Gasteiger partial charge in [0.2, 0.25) is 0 Å². The van der Waals surface area contributed by atoms with Gasteiger partial charge in [-0.1, -0.05) is 12.1 Å². The molecule has 0 heterocycles. The van der Waals surface area contributed by atoms with Gasteiger partial charge in [-0.3, -0.25) is 0 Å². The van der Waals surface area contributed by atoms with Crippen molar-refractivity contribution in [1.82, 2.24) is 0 Å². The third kappa shape index (κ3) is 2.80. The summed E-state index contributed by atoms with van der Waals surface area (Å²) in [6, 6.07) is 7.72.